The van der Waals surface area contributed by atoms with Crippen LogP contribution in [-0.2, 0) is 12.8 Å². The fourth-order valence-electron chi connectivity index (χ4n) is 4.55. The van der Waals surface area contributed by atoms with E-state index in [2.05, 4.69) is 0 Å². The first kappa shape index (κ1) is 18.9. The zero-order chi connectivity index (χ0) is 19.7. The highest BCUT2D eigenvalue weighted by Crippen LogP contribution is 2.32. The Morgan fingerprint density at radius 3 is 2.54 bits per heavy atom. The number of carbonyl (C=O) groups excluding carboxylic acids is 2. The molecular weight excluding hydrogens is 357 g/mol. The second kappa shape index (κ2) is 7.90. The summed E-state index contributed by atoms with van der Waals surface area (Å²) in [7, 11) is 0. The summed E-state index contributed by atoms with van der Waals surface area (Å²) in [6, 6.07) is 6.63. The Morgan fingerprint density at radius 2 is 1.86 bits per heavy atom. The van der Waals surface area contributed by atoms with E-state index >= 15 is 0 Å². The molecule has 4 rings (SSSR count). The maximum absolute atomic E-state index is 13.4. The van der Waals surface area contributed by atoms with Gasteiger partial charge in [0.15, 0.2) is 11.5 Å². The highest BCUT2D eigenvalue weighted by atomic mass is 19.1. The van der Waals surface area contributed by atoms with Crippen LogP contribution in [0.2, 0.25) is 0 Å². The van der Waals surface area contributed by atoms with Crippen molar-refractivity contribution in [1.82, 2.24) is 4.90 Å². The van der Waals surface area contributed by atoms with Gasteiger partial charge in [-0.1, -0.05) is 25.0 Å². The summed E-state index contributed by atoms with van der Waals surface area (Å²) in [4.78, 5) is 27.6. The van der Waals surface area contributed by atoms with Gasteiger partial charge in [0.1, 0.15) is 11.6 Å². The Kier molecular flexibility index (Phi) is 5.33. The van der Waals surface area contributed by atoms with E-state index in [0.29, 0.717) is 48.5 Å². The van der Waals surface area contributed by atoms with Crippen LogP contribution in [0.15, 0.2) is 28.7 Å². The molecule has 1 aromatic carbocycles. The molecule has 5 heteroatoms. The number of ketones is 1. The molecule has 2 aliphatic rings. The molecule has 0 saturated heterocycles. The van der Waals surface area contributed by atoms with Gasteiger partial charge in [0.05, 0.1) is 5.56 Å². The zero-order valence-electron chi connectivity index (χ0n) is 16.3. The average molecular weight is 383 g/mol. The molecule has 2 aliphatic carbocycles. The predicted octanol–water partition coefficient (Wildman–Crippen LogP) is 4.87. The van der Waals surface area contributed by atoms with Crippen LogP contribution in [0.5, 0.6) is 0 Å². The number of carbonyl (C=O) groups is 2. The van der Waals surface area contributed by atoms with E-state index in [-0.39, 0.29) is 23.5 Å². The number of furan rings is 1. The number of benzene rings is 1. The number of Topliss-reactive ketones (excluding diaryl/α,β-unsaturated/α-hetero) is 1. The number of aryl methyl sites for hydroxylation is 1. The van der Waals surface area contributed by atoms with Gasteiger partial charge in [-0.3, -0.25) is 9.59 Å². The summed E-state index contributed by atoms with van der Waals surface area (Å²) in [5.41, 5.74) is 2.32. The number of hydrogen-bond acceptors (Lipinski definition) is 3. The molecule has 28 heavy (non-hydrogen) atoms. The molecule has 0 unspecified atom stereocenters. The Bertz CT molecular complexity index is 878. The van der Waals surface area contributed by atoms with Gasteiger partial charge in [-0.25, -0.2) is 4.39 Å². The largest absolute Gasteiger partial charge is 0.455 e. The second-order valence-electron chi connectivity index (χ2n) is 7.94. The van der Waals surface area contributed by atoms with Crippen LogP contribution in [0.4, 0.5) is 4.39 Å². The smallest absolute Gasteiger partial charge is 0.290 e. The van der Waals surface area contributed by atoms with E-state index in [9.17, 15) is 14.0 Å². The van der Waals surface area contributed by atoms with Crippen LogP contribution >= 0.6 is 0 Å². The third-order valence-corrected chi connectivity index (χ3v) is 6.08. The Morgan fingerprint density at radius 1 is 1.14 bits per heavy atom. The summed E-state index contributed by atoms with van der Waals surface area (Å²) in [5, 5.41) is 0. The fraction of sp³-hybridized carbons (Fsp3) is 0.478. The average Bonchev–Trinajstić information content (AvgIpc) is 3.32. The lowest BCUT2D eigenvalue weighted by molar-refractivity contribution is 0.0647. The molecule has 0 spiro atoms. The molecule has 1 heterocycles. The number of hydrogen-bond donors (Lipinski definition) is 0. The van der Waals surface area contributed by atoms with Gasteiger partial charge in [0.2, 0.25) is 0 Å². The molecule has 0 aliphatic heterocycles. The summed E-state index contributed by atoms with van der Waals surface area (Å²) in [6.45, 7) is 2.39. The second-order valence-corrected chi connectivity index (χ2v) is 7.94. The summed E-state index contributed by atoms with van der Waals surface area (Å²) in [6.07, 6.45) is 6.92. The van der Waals surface area contributed by atoms with Crippen molar-refractivity contribution in [1.29, 1.82) is 0 Å². The van der Waals surface area contributed by atoms with Gasteiger partial charge in [0.25, 0.3) is 5.91 Å². The quantitative estimate of drug-likeness (QED) is 0.740. The van der Waals surface area contributed by atoms with Gasteiger partial charge in [-0.15, -0.1) is 0 Å². The van der Waals surface area contributed by atoms with E-state index in [4.69, 9.17) is 4.42 Å². The van der Waals surface area contributed by atoms with E-state index in [1.807, 2.05) is 11.8 Å². The molecule has 1 aromatic heterocycles. The lowest BCUT2D eigenvalue weighted by Crippen LogP contribution is -2.40. The van der Waals surface area contributed by atoms with E-state index in [1.54, 1.807) is 12.1 Å². The van der Waals surface area contributed by atoms with Gasteiger partial charge in [-0.2, -0.15) is 0 Å². The normalized spacial score (nSPS) is 17.0. The van der Waals surface area contributed by atoms with Crippen molar-refractivity contribution in [3.05, 3.63) is 58.3 Å². The van der Waals surface area contributed by atoms with Gasteiger partial charge >= 0.3 is 0 Å². The van der Waals surface area contributed by atoms with Gasteiger partial charge in [-0.05, 0) is 50.3 Å². The van der Waals surface area contributed by atoms with Crippen molar-refractivity contribution in [3.8, 4) is 0 Å². The standard InChI is InChI=1S/C23H26FNO3/c1-15-21-19(26)7-4-8-20(21)28-22(15)23(27)25(18-5-2-3-6-18)14-13-16-9-11-17(24)12-10-16/h9-12,18H,2-8,13-14H2,1H3. The minimum atomic E-state index is -0.256. The first-order valence-electron chi connectivity index (χ1n) is 10.3. The molecule has 4 nitrogen and oxygen atoms in total. The summed E-state index contributed by atoms with van der Waals surface area (Å²) < 4.78 is 19.1. The van der Waals surface area contributed by atoms with E-state index < -0.39 is 0 Å². The summed E-state index contributed by atoms with van der Waals surface area (Å²) >= 11 is 0. The van der Waals surface area contributed by atoms with Crippen LogP contribution in [0.25, 0.3) is 0 Å². The molecular formula is C23H26FNO3. The molecule has 2 aromatic rings. The Balaban J connectivity index is 1.58. The van der Waals surface area contributed by atoms with Crippen molar-refractivity contribution >= 4 is 11.7 Å². The topological polar surface area (TPSA) is 50.5 Å². The van der Waals surface area contributed by atoms with Crippen LogP contribution in [0.3, 0.4) is 0 Å². The van der Waals surface area contributed by atoms with Crippen molar-refractivity contribution in [2.75, 3.05) is 6.54 Å². The van der Waals surface area contributed by atoms with Crippen molar-refractivity contribution in [3.63, 3.8) is 0 Å². The number of nitrogens with zero attached hydrogens (tertiary/aromatic N) is 1. The minimum absolute atomic E-state index is 0.0836. The first-order valence-corrected chi connectivity index (χ1v) is 10.3. The molecule has 0 bridgehead atoms. The number of fused-ring (bicyclic) bond motifs is 1. The van der Waals surface area contributed by atoms with Crippen molar-refractivity contribution in [2.24, 2.45) is 0 Å². The monoisotopic (exact) mass is 383 g/mol. The molecule has 0 radical (unpaired) electrons. The van der Waals surface area contributed by atoms with Gasteiger partial charge in [0, 0.05) is 31.0 Å². The molecule has 148 valence electrons. The van der Waals surface area contributed by atoms with Crippen molar-refractivity contribution in [2.45, 2.75) is 64.3 Å². The highest BCUT2D eigenvalue weighted by molar-refractivity contribution is 6.03. The van der Waals surface area contributed by atoms with Crippen LogP contribution < -0.4 is 0 Å². The maximum atomic E-state index is 13.4. The zero-order valence-corrected chi connectivity index (χ0v) is 16.3. The first-order chi connectivity index (χ1) is 13.5. The lowest BCUT2D eigenvalue weighted by atomic mass is 9.94. The maximum Gasteiger partial charge on any atom is 0.290 e. The minimum Gasteiger partial charge on any atom is -0.455 e. The molecule has 1 saturated carbocycles. The summed E-state index contributed by atoms with van der Waals surface area (Å²) in [5.74, 6) is 0.705. The highest BCUT2D eigenvalue weighted by Gasteiger charge is 2.34. The Hall–Kier alpha value is -2.43. The number of rotatable bonds is 5. The van der Waals surface area contributed by atoms with Crippen LogP contribution in [0.1, 0.15) is 76.3 Å². The van der Waals surface area contributed by atoms with Gasteiger partial charge < -0.3 is 9.32 Å². The fourth-order valence-corrected chi connectivity index (χ4v) is 4.55. The van der Waals surface area contributed by atoms with E-state index in [1.165, 1.54) is 12.1 Å². The van der Waals surface area contributed by atoms with E-state index in [0.717, 1.165) is 37.7 Å². The molecule has 1 fully saturated rings. The lowest BCUT2D eigenvalue weighted by Gasteiger charge is -2.28. The van der Waals surface area contributed by atoms with Crippen molar-refractivity contribution < 1.29 is 18.4 Å². The number of halogens is 1. The van der Waals surface area contributed by atoms with Crippen LogP contribution in [-0.4, -0.2) is 29.2 Å². The Labute approximate surface area is 164 Å². The third kappa shape index (κ3) is 3.62. The molecule has 0 N–H and O–H groups in total. The number of amides is 1. The third-order valence-electron chi connectivity index (χ3n) is 6.08. The molecule has 1 amide bonds. The predicted molar refractivity (Wildman–Crippen MR) is 104 cm³/mol. The SMILES string of the molecule is Cc1c(C(=O)N(CCc2ccc(F)cc2)C2CCCC2)oc2c1C(=O)CCC2. The molecule has 0 atom stereocenters. The van der Waals surface area contributed by atoms with Crippen LogP contribution in [0, 0.1) is 12.7 Å².